The zero-order chi connectivity index (χ0) is 9.07. The van der Waals surface area contributed by atoms with Crippen molar-refractivity contribution in [1.82, 2.24) is 4.90 Å². The van der Waals surface area contributed by atoms with E-state index < -0.39 is 16.5 Å². The molecule has 0 aliphatic heterocycles. The molecular weight excluding hydrogens is 170 g/mol. The molecule has 0 spiro atoms. The van der Waals surface area contributed by atoms with Crippen molar-refractivity contribution >= 4 is 10.4 Å². The Bertz CT molecular complexity index is 199. The Morgan fingerprint density at radius 2 is 2.00 bits per heavy atom. The van der Waals surface area contributed by atoms with Gasteiger partial charge in [0.1, 0.15) is 0 Å². The molecule has 1 unspecified atom stereocenters. The summed E-state index contributed by atoms with van der Waals surface area (Å²) in [6.07, 6.45) is -0.528. The molecule has 1 atom stereocenters. The Labute approximate surface area is 66.9 Å². The van der Waals surface area contributed by atoms with E-state index in [2.05, 4.69) is 4.18 Å². The van der Waals surface area contributed by atoms with E-state index in [1.54, 1.807) is 25.9 Å². The number of likely N-dealkylation sites (N-methyl/N-ethyl adjacent to an activating group) is 1. The van der Waals surface area contributed by atoms with Crippen LogP contribution in [0.2, 0.25) is 0 Å². The summed E-state index contributed by atoms with van der Waals surface area (Å²) in [5.41, 5.74) is 0. The van der Waals surface area contributed by atoms with Gasteiger partial charge in [0.25, 0.3) is 0 Å². The number of hydrogen-bond donors (Lipinski definition) is 1. The second-order valence-electron chi connectivity index (χ2n) is 2.60. The fraction of sp³-hybridized carbons (Fsp3) is 1.00. The first-order chi connectivity index (χ1) is 4.81. The molecule has 0 aromatic heterocycles. The van der Waals surface area contributed by atoms with Gasteiger partial charge in [0.2, 0.25) is 0 Å². The molecule has 1 N–H and O–H groups in total. The van der Waals surface area contributed by atoms with E-state index >= 15 is 0 Å². The van der Waals surface area contributed by atoms with Crippen molar-refractivity contribution in [1.29, 1.82) is 0 Å². The Kier molecular flexibility index (Phi) is 3.95. The monoisotopic (exact) mass is 183 g/mol. The van der Waals surface area contributed by atoms with E-state index in [1.165, 1.54) is 0 Å². The molecule has 0 rings (SSSR count). The van der Waals surface area contributed by atoms with Gasteiger partial charge in [-0.05, 0) is 21.0 Å². The molecule has 6 heteroatoms. The number of hydrogen-bond acceptors (Lipinski definition) is 4. The van der Waals surface area contributed by atoms with Crippen LogP contribution in [0.1, 0.15) is 6.92 Å². The van der Waals surface area contributed by atoms with Crippen molar-refractivity contribution in [2.45, 2.75) is 13.0 Å². The molecule has 68 valence electrons. The van der Waals surface area contributed by atoms with Crippen molar-refractivity contribution < 1.29 is 17.2 Å². The normalized spacial score (nSPS) is 15.4. The minimum Gasteiger partial charge on any atom is -0.307 e. The van der Waals surface area contributed by atoms with Crippen LogP contribution in [0.25, 0.3) is 0 Å². The van der Waals surface area contributed by atoms with Crippen LogP contribution in [-0.4, -0.2) is 44.6 Å². The fourth-order valence-corrected chi connectivity index (χ4v) is 1.23. The molecule has 0 aliphatic rings. The maximum absolute atomic E-state index is 10.1. The van der Waals surface area contributed by atoms with Crippen molar-refractivity contribution in [3.63, 3.8) is 0 Å². The van der Waals surface area contributed by atoms with Gasteiger partial charge < -0.3 is 4.90 Å². The van der Waals surface area contributed by atoms with E-state index in [0.717, 1.165) is 0 Å². The maximum Gasteiger partial charge on any atom is 0.397 e. The van der Waals surface area contributed by atoms with Gasteiger partial charge in [-0.3, -0.25) is 4.55 Å². The van der Waals surface area contributed by atoms with Gasteiger partial charge in [-0.1, -0.05) is 0 Å². The van der Waals surface area contributed by atoms with Crippen molar-refractivity contribution in [3.05, 3.63) is 0 Å². The Balaban J connectivity index is 3.80. The molecule has 0 fully saturated rings. The van der Waals surface area contributed by atoms with Crippen LogP contribution in [0, 0.1) is 0 Å². The summed E-state index contributed by atoms with van der Waals surface area (Å²) in [4.78, 5) is 1.76. The fourth-order valence-electron chi connectivity index (χ4n) is 0.752. The largest absolute Gasteiger partial charge is 0.397 e. The van der Waals surface area contributed by atoms with E-state index in [1.807, 2.05) is 0 Å². The lowest BCUT2D eigenvalue weighted by molar-refractivity contribution is 0.162. The zero-order valence-electron chi connectivity index (χ0n) is 6.81. The molecule has 0 saturated carbocycles. The first-order valence-electron chi connectivity index (χ1n) is 3.11. The summed E-state index contributed by atoms with van der Waals surface area (Å²) in [5.74, 6) is 0. The minimum absolute atomic E-state index is 0.444. The van der Waals surface area contributed by atoms with Crippen LogP contribution in [0.5, 0.6) is 0 Å². The number of nitrogens with zero attached hydrogens (tertiary/aromatic N) is 1. The minimum atomic E-state index is -4.30. The summed E-state index contributed by atoms with van der Waals surface area (Å²) in [5, 5.41) is 0. The van der Waals surface area contributed by atoms with Gasteiger partial charge in [0, 0.05) is 6.54 Å². The molecule has 0 bridgehead atoms. The number of rotatable bonds is 4. The summed E-state index contributed by atoms with van der Waals surface area (Å²) in [6, 6.07) is 0. The Morgan fingerprint density at radius 3 is 2.27 bits per heavy atom. The summed E-state index contributed by atoms with van der Waals surface area (Å²) in [6.45, 7) is 2.01. The van der Waals surface area contributed by atoms with Gasteiger partial charge in [-0.15, -0.1) is 0 Å². The third-order valence-electron chi connectivity index (χ3n) is 0.908. The summed E-state index contributed by atoms with van der Waals surface area (Å²) < 4.78 is 32.7. The maximum atomic E-state index is 10.1. The Morgan fingerprint density at radius 1 is 1.55 bits per heavy atom. The zero-order valence-corrected chi connectivity index (χ0v) is 7.63. The second kappa shape index (κ2) is 4.01. The lowest BCUT2D eigenvalue weighted by Crippen LogP contribution is -2.27. The van der Waals surface area contributed by atoms with E-state index in [9.17, 15) is 8.42 Å². The third-order valence-corrected chi connectivity index (χ3v) is 1.48. The van der Waals surface area contributed by atoms with E-state index in [-0.39, 0.29) is 0 Å². The van der Waals surface area contributed by atoms with Crippen LogP contribution >= 0.6 is 0 Å². The lowest BCUT2D eigenvalue weighted by atomic mass is 10.4. The van der Waals surface area contributed by atoms with Crippen LogP contribution in [0.3, 0.4) is 0 Å². The van der Waals surface area contributed by atoms with Crippen molar-refractivity contribution in [2.75, 3.05) is 20.6 Å². The standard InChI is InChI=1S/C5H13NO4S/c1-5(4-6(2)3)10-11(7,8)9/h5H,4H2,1-3H3,(H,7,8,9). The first kappa shape index (κ1) is 10.8. The highest BCUT2D eigenvalue weighted by Gasteiger charge is 2.12. The molecule has 0 saturated heterocycles. The summed E-state index contributed by atoms with van der Waals surface area (Å²) in [7, 11) is -0.732. The molecule has 0 radical (unpaired) electrons. The predicted octanol–water partition coefficient (Wildman–Crippen LogP) is -0.244. The van der Waals surface area contributed by atoms with Gasteiger partial charge in [0.05, 0.1) is 6.10 Å². The van der Waals surface area contributed by atoms with Crippen molar-refractivity contribution in [2.24, 2.45) is 0 Å². The van der Waals surface area contributed by atoms with Gasteiger partial charge >= 0.3 is 10.4 Å². The third kappa shape index (κ3) is 7.73. The summed E-state index contributed by atoms with van der Waals surface area (Å²) >= 11 is 0. The van der Waals surface area contributed by atoms with Gasteiger partial charge in [-0.2, -0.15) is 8.42 Å². The molecule has 5 nitrogen and oxygen atoms in total. The van der Waals surface area contributed by atoms with Gasteiger partial charge in [-0.25, -0.2) is 4.18 Å². The molecule has 0 amide bonds. The lowest BCUT2D eigenvalue weighted by Gasteiger charge is -2.14. The second-order valence-corrected chi connectivity index (χ2v) is 3.64. The molecule has 0 heterocycles. The molecule has 0 aliphatic carbocycles. The smallest absolute Gasteiger partial charge is 0.307 e. The van der Waals surface area contributed by atoms with Crippen LogP contribution in [-0.2, 0) is 14.6 Å². The molecule has 11 heavy (non-hydrogen) atoms. The quantitative estimate of drug-likeness (QED) is 0.609. The highest BCUT2D eigenvalue weighted by molar-refractivity contribution is 7.80. The Hall–Kier alpha value is -0.170. The highest BCUT2D eigenvalue weighted by Crippen LogP contribution is 1.96. The topological polar surface area (TPSA) is 66.8 Å². The first-order valence-corrected chi connectivity index (χ1v) is 4.48. The average molecular weight is 183 g/mol. The SMILES string of the molecule is CC(CN(C)C)OS(=O)(=O)O. The van der Waals surface area contributed by atoms with Gasteiger partial charge in [0.15, 0.2) is 0 Å². The van der Waals surface area contributed by atoms with E-state index in [4.69, 9.17) is 4.55 Å². The van der Waals surface area contributed by atoms with E-state index in [0.29, 0.717) is 6.54 Å². The molecule has 0 aromatic carbocycles. The van der Waals surface area contributed by atoms with Crippen LogP contribution in [0.4, 0.5) is 0 Å². The van der Waals surface area contributed by atoms with Crippen LogP contribution in [0.15, 0.2) is 0 Å². The van der Waals surface area contributed by atoms with Crippen molar-refractivity contribution in [3.8, 4) is 0 Å². The average Bonchev–Trinajstić information content (AvgIpc) is 1.53. The molecule has 0 aromatic rings. The highest BCUT2D eigenvalue weighted by atomic mass is 32.3. The molecular formula is C5H13NO4S. The predicted molar refractivity (Wildman–Crippen MR) is 40.6 cm³/mol. The van der Waals surface area contributed by atoms with Crippen LogP contribution < -0.4 is 0 Å².